The maximum atomic E-state index is 13.0. The Balaban J connectivity index is 1.22. The van der Waals surface area contributed by atoms with E-state index in [2.05, 4.69) is 4.90 Å². The first-order chi connectivity index (χ1) is 18.7. The molecule has 3 heterocycles. The van der Waals surface area contributed by atoms with E-state index in [0.717, 1.165) is 57.5 Å². The summed E-state index contributed by atoms with van der Waals surface area (Å²) in [5, 5.41) is 0.467. The Labute approximate surface area is 244 Å². The summed E-state index contributed by atoms with van der Waals surface area (Å²) >= 11 is 6.60. The number of ether oxygens (including phenoxy) is 2. The first-order valence-corrected chi connectivity index (χ1v) is 15.1. The molecule has 0 unspecified atom stereocenters. The van der Waals surface area contributed by atoms with Crippen molar-refractivity contribution >= 4 is 35.3 Å². The van der Waals surface area contributed by atoms with Gasteiger partial charge in [0.05, 0.1) is 17.0 Å². The second-order valence-corrected chi connectivity index (χ2v) is 14.1. The van der Waals surface area contributed by atoms with Gasteiger partial charge in [-0.2, -0.15) is 0 Å². The summed E-state index contributed by atoms with van der Waals surface area (Å²) in [6, 6.07) is 5.74. The average Bonchev–Trinajstić information content (AvgIpc) is 2.83. The molecule has 1 aromatic carbocycles. The number of rotatable bonds is 5. The Morgan fingerprint density at radius 1 is 0.825 bits per heavy atom. The van der Waals surface area contributed by atoms with Crippen LogP contribution in [0.15, 0.2) is 18.2 Å². The van der Waals surface area contributed by atoms with E-state index < -0.39 is 11.2 Å². The van der Waals surface area contributed by atoms with Gasteiger partial charge in [0, 0.05) is 50.9 Å². The van der Waals surface area contributed by atoms with Gasteiger partial charge < -0.3 is 24.2 Å². The van der Waals surface area contributed by atoms with Crippen LogP contribution in [0.3, 0.4) is 0 Å². The van der Waals surface area contributed by atoms with E-state index in [9.17, 15) is 14.4 Å². The van der Waals surface area contributed by atoms with Crippen LogP contribution < -0.4 is 4.90 Å². The fourth-order valence-electron chi connectivity index (χ4n) is 6.04. The smallest absolute Gasteiger partial charge is 0.410 e. The molecule has 3 aliphatic heterocycles. The van der Waals surface area contributed by atoms with E-state index in [4.69, 9.17) is 21.1 Å². The lowest BCUT2D eigenvalue weighted by molar-refractivity contribution is -0.157. The number of halogens is 1. The number of likely N-dealkylation sites (tertiary alicyclic amines) is 2. The summed E-state index contributed by atoms with van der Waals surface area (Å²) in [5.41, 5.74) is 0.594. The van der Waals surface area contributed by atoms with Crippen molar-refractivity contribution in [1.82, 2.24) is 9.80 Å². The Hall–Kier alpha value is -2.48. The lowest BCUT2D eigenvalue weighted by Gasteiger charge is -2.41. The van der Waals surface area contributed by atoms with Crippen LogP contribution in [0.5, 0.6) is 0 Å². The van der Waals surface area contributed by atoms with Crippen LogP contribution in [0.1, 0.15) is 84.0 Å². The standard InChI is InChI=1S/C31H46ClN3O5/c1-30(2,3)39-27(36)17-21-19-35(20-21)28(37)25-8-7-24(18-26(25)32)33-13-9-22(10-14-33)23-11-15-34(16-12-23)29(38)40-31(4,5)6/h7-8,18,21-23H,9-17,19-20H2,1-6H3. The Bertz CT molecular complexity index is 1070. The number of nitrogens with zero attached hydrogens (tertiary/aromatic N) is 3. The van der Waals surface area contributed by atoms with Crippen LogP contribution in [0.2, 0.25) is 5.02 Å². The van der Waals surface area contributed by atoms with Gasteiger partial charge >= 0.3 is 12.1 Å². The molecule has 9 heteroatoms. The molecule has 1 aromatic rings. The quantitative estimate of drug-likeness (QED) is 0.400. The van der Waals surface area contributed by atoms with Crippen LogP contribution in [0.4, 0.5) is 10.5 Å². The van der Waals surface area contributed by atoms with Gasteiger partial charge in [0.15, 0.2) is 0 Å². The van der Waals surface area contributed by atoms with E-state index >= 15 is 0 Å². The van der Waals surface area contributed by atoms with Gasteiger partial charge in [-0.15, -0.1) is 0 Å². The van der Waals surface area contributed by atoms with E-state index in [1.165, 1.54) is 0 Å². The van der Waals surface area contributed by atoms with Gasteiger partial charge in [0.1, 0.15) is 11.2 Å². The molecule has 3 aliphatic rings. The highest BCUT2D eigenvalue weighted by Crippen LogP contribution is 2.35. The third kappa shape index (κ3) is 8.05. The van der Waals surface area contributed by atoms with Crippen molar-refractivity contribution in [3.8, 4) is 0 Å². The number of hydrogen-bond acceptors (Lipinski definition) is 6. The highest BCUT2D eigenvalue weighted by Gasteiger charge is 2.35. The Kier molecular flexibility index (Phi) is 9.28. The molecule has 0 radical (unpaired) electrons. The average molecular weight is 576 g/mol. The van der Waals surface area contributed by atoms with Crippen molar-refractivity contribution < 1.29 is 23.9 Å². The van der Waals surface area contributed by atoms with Crippen LogP contribution in [0, 0.1) is 17.8 Å². The Morgan fingerprint density at radius 3 is 1.90 bits per heavy atom. The van der Waals surface area contributed by atoms with Crippen LogP contribution in [0.25, 0.3) is 0 Å². The van der Waals surface area contributed by atoms with E-state index in [1.807, 2.05) is 64.6 Å². The molecule has 2 amide bonds. The fraction of sp³-hybridized carbons (Fsp3) is 0.710. The topological polar surface area (TPSA) is 79.4 Å². The summed E-state index contributed by atoms with van der Waals surface area (Å²) < 4.78 is 10.9. The van der Waals surface area contributed by atoms with Crippen LogP contribution in [-0.2, 0) is 14.3 Å². The van der Waals surface area contributed by atoms with E-state index in [0.29, 0.717) is 41.9 Å². The predicted octanol–water partition coefficient (Wildman–Crippen LogP) is 6.01. The highest BCUT2D eigenvalue weighted by molar-refractivity contribution is 6.34. The highest BCUT2D eigenvalue weighted by atomic mass is 35.5. The van der Waals surface area contributed by atoms with Gasteiger partial charge in [0.25, 0.3) is 5.91 Å². The third-order valence-electron chi connectivity index (χ3n) is 8.07. The van der Waals surface area contributed by atoms with Crippen LogP contribution >= 0.6 is 11.6 Å². The molecule has 3 saturated heterocycles. The molecule has 0 spiro atoms. The lowest BCUT2D eigenvalue weighted by atomic mass is 9.79. The second-order valence-electron chi connectivity index (χ2n) is 13.7. The number of benzene rings is 1. The molecule has 0 N–H and O–H groups in total. The molecule has 0 atom stereocenters. The minimum Gasteiger partial charge on any atom is -0.460 e. The number of esters is 1. The van der Waals surface area contributed by atoms with Gasteiger partial charge in [0.2, 0.25) is 0 Å². The molecule has 8 nitrogen and oxygen atoms in total. The molecule has 3 fully saturated rings. The normalized spacial score (nSPS) is 19.8. The molecule has 0 aromatic heterocycles. The minimum atomic E-state index is -0.498. The first-order valence-electron chi connectivity index (χ1n) is 14.7. The molecule has 40 heavy (non-hydrogen) atoms. The fourth-order valence-corrected chi connectivity index (χ4v) is 6.29. The van der Waals surface area contributed by atoms with Crippen molar-refractivity contribution in [2.45, 2.75) is 84.8 Å². The van der Waals surface area contributed by atoms with Crippen molar-refractivity contribution in [3.63, 3.8) is 0 Å². The van der Waals surface area contributed by atoms with E-state index in [1.54, 1.807) is 4.90 Å². The van der Waals surface area contributed by atoms with Gasteiger partial charge in [-0.3, -0.25) is 9.59 Å². The molecule has 222 valence electrons. The third-order valence-corrected chi connectivity index (χ3v) is 8.38. The lowest BCUT2D eigenvalue weighted by Crippen LogP contribution is -2.51. The molecular weight excluding hydrogens is 530 g/mol. The summed E-state index contributed by atoms with van der Waals surface area (Å²) in [4.78, 5) is 43.4. The zero-order valence-corrected chi connectivity index (χ0v) is 25.8. The number of carbonyl (C=O) groups excluding carboxylic acids is 3. The zero-order chi connectivity index (χ0) is 29.2. The van der Waals surface area contributed by atoms with Crippen LogP contribution in [-0.4, -0.2) is 78.2 Å². The van der Waals surface area contributed by atoms with E-state index in [-0.39, 0.29) is 23.9 Å². The summed E-state index contributed by atoms with van der Waals surface area (Å²) in [5.74, 6) is 1.12. The van der Waals surface area contributed by atoms with Gasteiger partial charge in [-0.1, -0.05) is 11.6 Å². The summed E-state index contributed by atoms with van der Waals surface area (Å²) in [6.07, 6.45) is 4.41. The number of piperidine rings is 2. The zero-order valence-electron chi connectivity index (χ0n) is 25.0. The van der Waals surface area contributed by atoms with Crippen molar-refractivity contribution in [2.75, 3.05) is 44.2 Å². The Morgan fingerprint density at radius 2 is 1.38 bits per heavy atom. The molecule has 0 saturated carbocycles. The van der Waals surface area contributed by atoms with Gasteiger partial charge in [-0.05, 0) is 97.3 Å². The van der Waals surface area contributed by atoms with Crippen molar-refractivity contribution in [3.05, 3.63) is 28.8 Å². The SMILES string of the molecule is CC(C)(C)OC(=O)CC1CN(C(=O)c2ccc(N3CCC(C4CCN(C(=O)OC(C)(C)C)CC4)CC3)cc2Cl)C1. The minimum absolute atomic E-state index is 0.0894. The summed E-state index contributed by atoms with van der Waals surface area (Å²) in [7, 11) is 0. The molecule has 4 rings (SSSR count). The number of hydrogen-bond donors (Lipinski definition) is 0. The molecular formula is C31H46ClN3O5. The number of anilines is 1. The maximum Gasteiger partial charge on any atom is 0.410 e. The number of carbonyl (C=O) groups is 3. The second kappa shape index (κ2) is 12.2. The summed E-state index contributed by atoms with van der Waals surface area (Å²) in [6.45, 7) is 15.8. The maximum absolute atomic E-state index is 13.0. The molecule has 0 aliphatic carbocycles. The van der Waals surface area contributed by atoms with Gasteiger partial charge in [-0.25, -0.2) is 4.79 Å². The predicted molar refractivity (Wildman–Crippen MR) is 157 cm³/mol. The van der Waals surface area contributed by atoms with Crippen molar-refractivity contribution in [1.29, 1.82) is 0 Å². The van der Waals surface area contributed by atoms with Crippen molar-refractivity contribution in [2.24, 2.45) is 17.8 Å². The monoisotopic (exact) mass is 575 g/mol. The largest absolute Gasteiger partial charge is 0.460 e. The first kappa shape index (κ1) is 30.5. The number of amides is 2. The molecule has 0 bridgehead atoms.